The van der Waals surface area contributed by atoms with Crippen molar-refractivity contribution < 1.29 is 14.8 Å². The van der Waals surface area contributed by atoms with Crippen molar-refractivity contribution in [2.24, 2.45) is 0 Å². The Labute approximate surface area is 143 Å². The summed E-state index contributed by atoms with van der Waals surface area (Å²) in [5.41, 5.74) is 3.46. The molecule has 1 aliphatic carbocycles. The van der Waals surface area contributed by atoms with Crippen molar-refractivity contribution in [2.75, 3.05) is 5.32 Å². The highest BCUT2D eigenvalue weighted by Gasteiger charge is 2.21. The summed E-state index contributed by atoms with van der Waals surface area (Å²) >= 11 is 0. The van der Waals surface area contributed by atoms with Gasteiger partial charge in [-0.15, -0.1) is 0 Å². The molecule has 24 heavy (non-hydrogen) atoms. The fraction of sp³-hybridized carbons (Fsp3) is 0.316. The summed E-state index contributed by atoms with van der Waals surface area (Å²) < 4.78 is 0. The molecule has 5 nitrogen and oxygen atoms in total. The molecule has 0 aromatic heterocycles. The van der Waals surface area contributed by atoms with Gasteiger partial charge in [0.2, 0.25) is 11.8 Å². The average Bonchev–Trinajstić information content (AvgIpc) is 3.12. The van der Waals surface area contributed by atoms with E-state index in [4.69, 9.17) is 5.21 Å². The van der Waals surface area contributed by atoms with E-state index in [0.717, 1.165) is 36.4 Å². The molecule has 0 unspecified atom stereocenters. The molecule has 5 heteroatoms. The zero-order chi connectivity index (χ0) is 17.2. The van der Waals surface area contributed by atoms with Crippen LogP contribution < -0.4 is 10.8 Å². The summed E-state index contributed by atoms with van der Waals surface area (Å²) in [5, 5.41) is 11.4. The van der Waals surface area contributed by atoms with Gasteiger partial charge in [-0.05, 0) is 50.2 Å². The largest absolute Gasteiger partial charge is 0.326 e. The van der Waals surface area contributed by atoms with Gasteiger partial charge < -0.3 is 5.32 Å². The molecule has 0 heterocycles. The standard InChI is InChI=1S/C19H23N2O3/c22-18(13-3-1-2-4-14-19(23)21-24)20-17-12-8-7-11-16(17)15-9-5-6-10-15/h5-12,24H,1-4,13-14H2,(H,20,22)(H,21,23). The Morgan fingerprint density at radius 3 is 2.17 bits per heavy atom. The molecule has 1 saturated carbocycles. The number of rotatable bonds is 9. The summed E-state index contributed by atoms with van der Waals surface area (Å²) in [4.78, 5) is 23.0. The highest BCUT2D eigenvalue weighted by molar-refractivity contribution is 5.92. The molecule has 5 radical (unpaired) electrons. The Balaban J connectivity index is 1.70. The Hall–Kier alpha value is -1.88. The summed E-state index contributed by atoms with van der Waals surface area (Å²) in [6.07, 6.45) is 12.0. The number of hydrogen-bond acceptors (Lipinski definition) is 3. The van der Waals surface area contributed by atoms with Crippen LogP contribution in [0.5, 0.6) is 0 Å². The third-order valence-corrected chi connectivity index (χ3v) is 3.86. The van der Waals surface area contributed by atoms with E-state index in [2.05, 4.69) is 5.32 Å². The lowest BCUT2D eigenvalue weighted by Crippen LogP contribution is -2.17. The molecule has 0 saturated heterocycles. The minimum atomic E-state index is -0.364. The number of anilines is 1. The lowest BCUT2D eigenvalue weighted by Gasteiger charge is -2.15. The minimum absolute atomic E-state index is 0.00195. The van der Waals surface area contributed by atoms with Crippen molar-refractivity contribution in [3.05, 3.63) is 61.4 Å². The molecule has 127 valence electrons. The van der Waals surface area contributed by atoms with Gasteiger partial charge in [0.05, 0.1) is 0 Å². The average molecular weight is 327 g/mol. The van der Waals surface area contributed by atoms with Crippen molar-refractivity contribution in [1.29, 1.82) is 0 Å². The van der Waals surface area contributed by atoms with Crippen molar-refractivity contribution in [2.45, 2.75) is 38.5 Å². The monoisotopic (exact) mass is 327 g/mol. The lowest BCUT2D eigenvalue weighted by atomic mass is 9.96. The Kier molecular flexibility index (Phi) is 7.75. The number of carbonyl (C=O) groups excluding carboxylic acids is 2. The number of benzene rings is 1. The first kappa shape index (κ1) is 18.5. The van der Waals surface area contributed by atoms with E-state index in [-0.39, 0.29) is 11.8 Å². The second kappa shape index (κ2) is 10.1. The molecule has 1 aromatic rings. The van der Waals surface area contributed by atoms with Gasteiger partial charge in [-0.25, -0.2) is 5.48 Å². The van der Waals surface area contributed by atoms with Gasteiger partial charge in [0.15, 0.2) is 0 Å². The SMILES string of the molecule is O=C(CCCCCCC(=O)Nc1ccccc1[C]1[CH][CH][CH][CH]1)NO. The molecule has 0 aliphatic heterocycles. The maximum Gasteiger partial charge on any atom is 0.243 e. The van der Waals surface area contributed by atoms with E-state index in [0.29, 0.717) is 19.3 Å². The molecule has 0 atom stereocenters. The third kappa shape index (κ3) is 5.96. The molecule has 0 bridgehead atoms. The quantitative estimate of drug-likeness (QED) is 0.370. The van der Waals surface area contributed by atoms with Gasteiger partial charge in [0, 0.05) is 24.4 Å². The van der Waals surface area contributed by atoms with Gasteiger partial charge in [-0.3, -0.25) is 14.8 Å². The number of hydroxylamine groups is 1. The predicted molar refractivity (Wildman–Crippen MR) is 92.2 cm³/mol. The van der Waals surface area contributed by atoms with Crippen LogP contribution in [-0.4, -0.2) is 17.0 Å². The number of amides is 2. The first-order valence-corrected chi connectivity index (χ1v) is 8.24. The van der Waals surface area contributed by atoms with Crippen LogP contribution in [0, 0.1) is 31.6 Å². The summed E-state index contributed by atoms with van der Waals surface area (Å²) in [6, 6.07) is 7.78. The maximum atomic E-state index is 12.1. The van der Waals surface area contributed by atoms with Crippen LogP contribution in [0.2, 0.25) is 0 Å². The van der Waals surface area contributed by atoms with Crippen LogP contribution in [0.1, 0.15) is 44.1 Å². The molecule has 2 rings (SSSR count). The van der Waals surface area contributed by atoms with Crippen molar-refractivity contribution in [3.63, 3.8) is 0 Å². The van der Waals surface area contributed by atoms with Gasteiger partial charge >= 0.3 is 0 Å². The molecular formula is C19H23N2O3. The van der Waals surface area contributed by atoms with E-state index in [1.165, 1.54) is 0 Å². The number of para-hydroxylation sites is 1. The Morgan fingerprint density at radius 1 is 0.875 bits per heavy atom. The van der Waals surface area contributed by atoms with Crippen LogP contribution >= 0.6 is 0 Å². The van der Waals surface area contributed by atoms with E-state index in [9.17, 15) is 9.59 Å². The highest BCUT2D eigenvalue weighted by atomic mass is 16.5. The van der Waals surface area contributed by atoms with Gasteiger partial charge in [0.25, 0.3) is 0 Å². The number of hydrogen-bond donors (Lipinski definition) is 3. The van der Waals surface area contributed by atoms with Crippen LogP contribution in [0.15, 0.2) is 24.3 Å². The molecule has 3 N–H and O–H groups in total. The van der Waals surface area contributed by atoms with E-state index in [1.807, 2.05) is 49.9 Å². The molecular weight excluding hydrogens is 304 g/mol. The fourth-order valence-corrected chi connectivity index (χ4v) is 2.59. The molecule has 1 aromatic carbocycles. The molecule has 0 spiro atoms. The van der Waals surface area contributed by atoms with Gasteiger partial charge in [-0.1, -0.05) is 31.0 Å². The first-order chi connectivity index (χ1) is 11.7. The third-order valence-electron chi connectivity index (χ3n) is 3.86. The Morgan fingerprint density at radius 2 is 1.50 bits per heavy atom. The number of nitrogens with one attached hydrogen (secondary N) is 2. The number of unbranched alkanes of at least 4 members (excludes halogenated alkanes) is 3. The van der Waals surface area contributed by atoms with Crippen molar-refractivity contribution in [1.82, 2.24) is 5.48 Å². The smallest absolute Gasteiger partial charge is 0.243 e. The fourth-order valence-electron chi connectivity index (χ4n) is 2.59. The maximum absolute atomic E-state index is 12.1. The topological polar surface area (TPSA) is 78.4 Å². The molecule has 2 amide bonds. The minimum Gasteiger partial charge on any atom is -0.326 e. The first-order valence-electron chi connectivity index (χ1n) is 8.24. The normalized spacial score (nSPS) is 14.5. The van der Waals surface area contributed by atoms with Crippen molar-refractivity contribution >= 4 is 17.5 Å². The van der Waals surface area contributed by atoms with Crippen LogP contribution in [0.25, 0.3) is 0 Å². The molecule has 1 fully saturated rings. The van der Waals surface area contributed by atoms with Crippen LogP contribution in [0.4, 0.5) is 5.69 Å². The zero-order valence-electron chi connectivity index (χ0n) is 13.6. The highest BCUT2D eigenvalue weighted by Crippen LogP contribution is 2.34. The van der Waals surface area contributed by atoms with Crippen molar-refractivity contribution in [3.8, 4) is 0 Å². The predicted octanol–water partition coefficient (Wildman–Crippen LogP) is 3.22. The summed E-state index contributed by atoms with van der Waals surface area (Å²) in [6.45, 7) is 0. The van der Waals surface area contributed by atoms with E-state index >= 15 is 0 Å². The van der Waals surface area contributed by atoms with Crippen LogP contribution in [0.3, 0.4) is 0 Å². The lowest BCUT2D eigenvalue weighted by molar-refractivity contribution is -0.129. The second-order valence-electron chi connectivity index (χ2n) is 5.72. The van der Waals surface area contributed by atoms with Gasteiger partial charge in [-0.2, -0.15) is 0 Å². The van der Waals surface area contributed by atoms with Gasteiger partial charge in [0.1, 0.15) is 0 Å². The van der Waals surface area contributed by atoms with Crippen LogP contribution in [-0.2, 0) is 9.59 Å². The summed E-state index contributed by atoms with van der Waals surface area (Å²) in [7, 11) is 0. The molecule has 1 aliphatic rings. The second-order valence-corrected chi connectivity index (χ2v) is 5.72. The zero-order valence-corrected chi connectivity index (χ0v) is 13.6. The van der Waals surface area contributed by atoms with E-state index in [1.54, 1.807) is 5.48 Å². The Bertz CT molecular complexity index is 539. The summed E-state index contributed by atoms with van der Waals surface area (Å²) in [5.74, 6) is 0.729. The number of carbonyl (C=O) groups is 2. The van der Waals surface area contributed by atoms with E-state index < -0.39 is 0 Å².